The van der Waals surface area contributed by atoms with Crippen molar-refractivity contribution in [1.29, 1.82) is 0 Å². The van der Waals surface area contributed by atoms with Crippen molar-refractivity contribution in [3.8, 4) is 0 Å². The minimum atomic E-state index is -0.741. The van der Waals surface area contributed by atoms with Gasteiger partial charge in [0.2, 0.25) is 0 Å². The number of hydrogen-bond acceptors (Lipinski definition) is 1. The van der Waals surface area contributed by atoms with Crippen LogP contribution in [0.2, 0.25) is 0 Å². The van der Waals surface area contributed by atoms with Gasteiger partial charge in [-0.25, -0.2) is 0 Å². The first-order valence-electron chi connectivity index (χ1n) is 1.87. The van der Waals surface area contributed by atoms with E-state index >= 15 is 0 Å². The van der Waals surface area contributed by atoms with E-state index in [2.05, 4.69) is 0 Å². The molecule has 4 heteroatoms. The molecule has 0 radical (unpaired) electrons. The lowest BCUT2D eigenvalue weighted by molar-refractivity contribution is -0.140. The Hall–Kier alpha value is 0.430. The topological polar surface area (TPSA) is 37.3 Å². The van der Waals surface area contributed by atoms with Crippen molar-refractivity contribution in [2.45, 2.75) is 13.8 Å². The van der Waals surface area contributed by atoms with E-state index in [-0.39, 0.29) is 39.9 Å². The number of halogens is 2. The zero-order chi connectivity index (χ0) is 5.15. The molecule has 0 heterocycles. The summed E-state index contributed by atoms with van der Waals surface area (Å²) in [5, 5.41) is 7.99. The third-order valence-electron chi connectivity index (χ3n) is 0.494. The largest absolute Gasteiger partial charge is 0.481 e. The number of carboxylic acids is 1. The van der Waals surface area contributed by atoms with Crippen LogP contribution in [0.4, 0.5) is 0 Å². The minimum Gasteiger partial charge on any atom is -0.481 e. The predicted octanol–water partition coefficient (Wildman–Crippen LogP) is 1.88. The van der Waals surface area contributed by atoms with Gasteiger partial charge >= 0.3 is 5.97 Å². The number of carbonyl (C=O) groups is 1. The van der Waals surface area contributed by atoms with Gasteiger partial charge in [-0.15, -0.1) is 34.0 Å². The van der Waals surface area contributed by atoms with Crippen molar-refractivity contribution in [3.63, 3.8) is 0 Å². The van der Waals surface area contributed by atoms with Crippen LogP contribution in [0.3, 0.4) is 0 Å². The van der Waals surface area contributed by atoms with Gasteiger partial charge < -0.3 is 5.11 Å². The Morgan fingerprint density at radius 3 is 1.50 bits per heavy atom. The molecular formula is C4H10Br2O2. The summed E-state index contributed by atoms with van der Waals surface area (Å²) in [7, 11) is 0. The standard InChI is InChI=1S/C4H8O2.2BrH/c1-3(2)4(5)6;;/h3H,1-2H3,(H,5,6);2*1H. The number of hydrogen-bond donors (Lipinski definition) is 1. The molecule has 8 heavy (non-hydrogen) atoms. The van der Waals surface area contributed by atoms with Crippen LogP contribution >= 0.6 is 34.0 Å². The Kier molecular flexibility index (Phi) is 14.7. The van der Waals surface area contributed by atoms with Crippen LogP contribution in [0.15, 0.2) is 0 Å². The van der Waals surface area contributed by atoms with Gasteiger partial charge in [-0.05, 0) is 0 Å². The van der Waals surface area contributed by atoms with Crippen molar-refractivity contribution in [3.05, 3.63) is 0 Å². The smallest absolute Gasteiger partial charge is 0.305 e. The van der Waals surface area contributed by atoms with Crippen molar-refractivity contribution in [2.75, 3.05) is 0 Å². The fraction of sp³-hybridized carbons (Fsp3) is 0.750. The minimum absolute atomic E-state index is 0. The Morgan fingerprint density at radius 1 is 1.38 bits per heavy atom. The number of aliphatic carboxylic acids is 1. The van der Waals surface area contributed by atoms with Crippen LogP contribution in [0.25, 0.3) is 0 Å². The summed E-state index contributed by atoms with van der Waals surface area (Å²) in [4.78, 5) is 9.70. The SMILES string of the molecule is Br.Br.CC(C)C(=O)O. The van der Waals surface area contributed by atoms with E-state index in [1.54, 1.807) is 13.8 Å². The Labute approximate surface area is 69.8 Å². The van der Waals surface area contributed by atoms with Crippen LogP contribution < -0.4 is 0 Å². The second-order valence-corrected chi connectivity index (χ2v) is 1.49. The molecule has 0 aliphatic rings. The Bertz CT molecular complexity index is 63.1. The molecule has 0 rings (SSSR count). The third-order valence-corrected chi connectivity index (χ3v) is 0.494. The Balaban J connectivity index is -0.000000125. The molecule has 0 aromatic carbocycles. The summed E-state index contributed by atoms with van der Waals surface area (Å²) in [6.45, 7) is 3.28. The highest BCUT2D eigenvalue weighted by Crippen LogP contribution is 1.87. The van der Waals surface area contributed by atoms with E-state index in [4.69, 9.17) is 5.11 Å². The molecule has 0 amide bonds. The van der Waals surface area contributed by atoms with Gasteiger partial charge in [0, 0.05) is 0 Å². The third kappa shape index (κ3) is 9.66. The monoisotopic (exact) mass is 248 g/mol. The second-order valence-electron chi connectivity index (χ2n) is 1.49. The fourth-order valence-corrected chi connectivity index (χ4v) is 0. The van der Waals surface area contributed by atoms with E-state index in [9.17, 15) is 4.79 Å². The molecule has 0 fully saturated rings. The van der Waals surface area contributed by atoms with E-state index in [0.717, 1.165) is 0 Å². The van der Waals surface area contributed by atoms with Gasteiger partial charge in [0.25, 0.3) is 0 Å². The average molecular weight is 250 g/mol. The molecule has 0 saturated carbocycles. The molecule has 0 saturated heterocycles. The first kappa shape index (κ1) is 15.8. The molecule has 0 aliphatic heterocycles. The summed E-state index contributed by atoms with van der Waals surface area (Å²) >= 11 is 0. The highest BCUT2D eigenvalue weighted by Gasteiger charge is 1.99. The lowest BCUT2D eigenvalue weighted by Gasteiger charge is -1.89. The molecule has 1 N–H and O–H groups in total. The van der Waals surface area contributed by atoms with Gasteiger partial charge in [0.15, 0.2) is 0 Å². The summed E-state index contributed by atoms with van der Waals surface area (Å²) in [6, 6.07) is 0. The average Bonchev–Trinajstić information content (AvgIpc) is 1.36. The molecular weight excluding hydrogens is 240 g/mol. The van der Waals surface area contributed by atoms with Crippen LogP contribution in [-0.4, -0.2) is 11.1 Å². The van der Waals surface area contributed by atoms with Gasteiger partial charge in [0.1, 0.15) is 0 Å². The molecule has 0 bridgehead atoms. The van der Waals surface area contributed by atoms with Gasteiger partial charge in [0.05, 0.1) is 5.92 Å². The van der Waals surface area contributed by atoms with Crippen LogP contribution in [0, 0.1) is 5.92 Å². The van der Waals surface area contributed by atoms with Crippen LogP contribution in [0.1, 0.15) is 13.8 Å². The van der Waals surface area contributed by atoms with Crippen LogP contribution in [0.5, 0.6) is 0 Å². The van der Waals surface area contributed by atoms with E-state index < -0.39 is 5.97 Å². The highest BCUT2D eigenvalue weighted by molar-refractivity contribution is 8.93. The first-order chi connectivity index (χ1) is 2.64. The maximum atomic E-state index is 9.70. The van der Waals surface area contributed by atoms with E-state index in [1.165, 1.54) is 0 Å². The zero-order valence-corrected chi connectivity index (χ0v) is 8.18. The lowest BCUT2D eigenvalue weighted by Crippen LogP contribution is -2.03. The molecule has 52 valence electrons. The maximum Gasteiger partial charge on any atom is 0.305 e. The molecule has 0 aromatic heterocycles. The molecule has 0 atom stereocenters. The quantitative estimate of drug-likeness (QED) is 0.771. The van der Waals surface area contributed by atoms with Crippen molar-refractivity contribution < 1.29 is 9.90 Å². The van der Waals surface area contributed by atoms with Crippen molar-refractivity contribution >= 4 is 39.9 Å². The Morgan fingerprint density at radius 2 is 1.50 bits per heavy atom. The summed E-state index contributed by atoms with van der Waals surface area (Å²) in [5.41, 5.74) is 0. The van der Waals surface area contributed by atoms with Crippen LogP contribution in [-0.2, 0) is 4.79 Å². The van der Waals surface area contributed by atoms with Crippen molar-refractivity contribution in [1.82, 2.24) is 0 Å². The number of rotatable bonds is 1. The predicted molar refractivity (Wildman–Crippen MR) is 43.1 cm³/mol. The van der Waals surface area contributed by atoms with E-state index in [0.29, 0.717) is 0 Å². The maximum absolute atomic E-state index is 9.70. The molecule has 2 nitrogen and oxygen atoms in total. The molecule has 0 aromatic rings. The summed E-state index contributed by atoms with van der Waals surface area (Å²) in [5.74, 6) is -0.972. The van der Waals surface area contributed by atoms with Gasteiger partial charge in [-0.2, -0.15) is 0 Å². The second kappa shape index (κ2) is 7.43. The highest BCUT2D eigenvalue weighted by atomic mass is 79.9. The fourth-order valence-electron chi connectivity index (χ4n) is 0. The van der Waals surface area contributed by atoms with E-state index in [1.807, 2.05) is 0 Å². The molecule has 0 unspecified atom stereocenters. The normalized spacial score (nSPS) is 6.88. The first-order valence-corrected chi connectivity index (χ1v) is 1.87. The van der Waals surface area contributed by atoms with Crippen molar-refractivity contribution in [2.24, 2.45) is 5.92 Å². The summed E-state index contributed by atoms with van der Waals surface area (Å²) < 4.78 is 0. The van der Waals surface area contributed by atoms with Gasteiger partial charge in [-0.3, -0.25) is 4.79 Å². The molecule has 0 aliphatic carbocycles. The summed E-state index contributed by atoms with van der Waals surface area (Å²) in [6.07, 6.45) is 0. The molecule has 0 spiro atoms. The number of carboxylic acid groups (broad SMARTS) is 1. The lowest BCUT2D eigenvalue weighted by atomic mass is 10.2. The van der Waals surface area contributed by atoms with Gasteiger partial charge in [-0.1, -0.05) is 13.8 Å². The zero-order valence-electron chi connectivity index (χ0n) is 4.75.